The number of carbonyl (C=O) groups is 1. The first-order valence-corrected chi connectivity index (χ1v) is 10.2. The number of nitrogens with zero attached hydrogens (tertiary/aromatic N) is 4. The Hall–Kier alpha value is -3.38. The van der Waals surface area contributed by atoms with Gasteiger partial charge in [0.2, 0.25) is 0 Å². The summed E-state index contributed by atoms with van der Waals surface area (Å²) in [5, 5.41) is 12.7. The minimum Gasteiger partial charge on any atom is -0.352 e. The summed E-state index contributed by atoms with van der Waals surface area (Å²) in [6.45, 7) is 3.08. The van der Waals surface area contributed by atoms with Gasteiger partial charge in [0.05, 0.1) is 22.0 Å². The fourth-order valence-electron chi connectivity index (χ4n) is 3.21. The molecule has 2 heterocycles. The summed E-state index contributed by atoms with van der Waals surface area (Å²) in [6.07, 6.45) is 4.33. The summed E-state index contributed by atoms with van der Waals surface area (Å²) in [6, 6.07) is 19.5. The van der Waals surface area contributed by atoms with Gasteiger partial charge in [-0.1, -0.05) is 60.1 Å². The molecule has 30 heavy (non-hydrogen) atoms. The van der Waals surface area contributed by atoms with E-state index < -0.39 is 0 Å². The van der Waals surface area contributed by atoms with Crippen LogP contribution in [0.4, 0.5) is 0 Å². The lowest BCUT2D eigenvalue weighted by molar-refractivity contribution is 0.0953. The molecule has 0 aliphatic heterocycles. The number of halogens is 1. The number of rotatable bonds is 7. The zero-order chi connectivity index (χ0) is 20.9. The number of para-hydroxylation sites is 1. The summed E-state index contributed by atoms with van der Waals surface area (Å²) < 4.78 is 3.54. The van der Waals surface area contributed by atoms with Gasteiger partial charge in [-0.2, -0.15) is 10.2 Å². The van der Waals surface area contributed by atoms with Crippen LogP contribution in [0.5, 0.6) is 0 Å². The van der Waals surface area contributed by atoms with Crippen molar-refractivity contribution in [2.24, 2.45) is 0 Å². The van der Waals surface area contributed by atoms with Gasteiger partial charge in [-0.3, -0.25) is 9.48 Å². The van der Waals surface area contributed by atoms with E-state index in [1.807, 2.05) is 67.6 Å². The van der Waals surface area contributed by atoms with Gasteiger partial charge in [-0.15, -0.1) is 0 Å². The smallest absolute Gasteiger partial charge is 0.255 e. The molecule has 2 aromatic heterocycles. The largest absolute Gasteiger partial charge is 0.352 e. The number of carbonyl (C=O) groups excluding carboxylic acids is 1. The fourth-order valence-corrected chi connectivity index (χ4v) is 3.36. The Bertz CT molecular complexity index is 1120. The molecule has 0 aliphatic carbocycles. The molecular formula is C23H22ClN5O. The van der Waals surface area contributed by atoms with E-state index in [0.29, 0.717) is 29.4 Å². The minimum absolute atomic E-state index is 0.147. The van der Waals surface area contributed by atoms with Gasteiger partial charge in [0.25, 0.3) is 5.91 Å². The van der Waals surface area contributed by atoms with Crippen molar-refractivity contribution >= 4 is 17.5 Å². The standard InChI is InChI=1S/C23H22ClN5O/c1-17-21(24)16-28(26-17)14-8-13-25-23(30)20-15-29(19-11-6-3-7-12-19)27-22(20)18-9-4-2-5-10-18/h2-7,9-12,15-16H,8,13-14H2,1H3,(H,25,30). The van der Waals surface area contributed by atoms with E-state index in [2.05, 4.69) is 15.5 Å². The van der Waals surface area contributed by atoms with E-state index in [1.54, 1.807) is 21.8 Å². The summed E-state index contributed by atoms with van der Waals surface area (Å²) in [5.74, 6) is -0.147. The summed E-state index contributed by atoms with van der Waals surface area (Å²) in [4.78, 5) is 12.9. The number of hydrogen-bond acceptors (Lipinski definition) is 3. The lowest BCUT2D eigenvalue weighted by Gasteiger charge is -2.06. The minimum atomic E-state index is -0.147. The van der Waals surface area contributed by atoms with E-state index in [0.717, 1.165) is 23.4 Å². The van der Waals surface area contributed by atoms with Gasteiger partial charge in [0.1, 0.15) is 5.69 Å². The maximum atomic E-state index is 12.9. The topological polar surface area (TPSA) is 64.7 Å². The summed E-state index contributed by atoms with van der Waals surface area (Å²) in [5.41, 5.74) is 3.81. The lowest BCUT2D eigenvalue weighted by atomic mass is 10.1. The summed E-state index contributed by atoms with van der Waals surface area (Å²) in [7, 11) is 0. The highest BCUT2D eigenvalue weighted by atomic mass is 35.5. The average Bonchev–Trinajstić information content (AvgIpc) is 3.36. The van der Waals surface area contributed by atoms with Crippen molar-refractivity contribution in [1.29, 1.82) is 0 Å². The molecule has 152 valence electrons. The van der Waals surface area contributed by atoms with Crippen LogP contribution >= 0.6 is 11.6 Å². The SMILES string of the molecule is Cc1nn(CCCNC(=O)c2cn(-c3ccccc3)nc2-c2ccccc2)cc1Cl. The zero-order valence-corrected chi connectivity index (χ0v) is 17.4. The zero-order valence-electron chi connectivity index (χ0n) is 16.6. The van der Waals surface area contributed by atoms with E-state index in [9.17, 15) is 4.79 Å². The average molecular weight is 420 g/mol. The van der Waals surface area contributed by atoms with E-state index in [4.69, 9.17) is 11.6 Å². The van der Waals surface area contributed by atoms with Crippen LogP contribution < -0.4 is 5.32 Å². The third-order valence-corrected chi connectivity index (χ3v) is 5.13. The molecule has 4 rings (SSSR count). The second-order valence-corrected chi connectivity index (χ2v) is 7.38. The number of amides is 1. The highest BCUT2D eigenvalue weighted by Gasteiger charge is 2.18. The molecule has 7 heteroatoms. The van der Waals surface area contributed by atoms with Crippen molar-refractivity contribution in [2.75, 3.05) is 6.54 Å². The first kappa shape index (κ1) is 19.9. The second kappa shape index (κ2) is 8.97. The molecule has 1 amide bonds. The Kier molecular flexibility index (Phi) is 5.95. The second-order valence-electron chi connectivity index (χ2n) is 6.97. The third kappa shape index (κ3) is 4.44. The Morgan fingerprint density at radius 2 is 1.70 bits per heavy atom. The van der Waals surface area contributed by atoms with Gasteiger partial charge in [-0.25, -0.2) is 4.68 Å². The number of aryl methyl sites for hydroxylation is 2. The van der Waals surface area contributed by atoms with Crippen molar-refractivity contribution in [3.05, 3.63) is 89.3 Å². The molecule has 0 fully saturated rings. The van der Waals surface area contributed by atoms with Crippen LogP contribution in [0.25, 0.3) is 16.9 Å². The van der Waals surface area contributed by atoms with Crippen LogP contribution in [-0.2, 0) is 6.54 Å². The number of hydrogen-bond donors (Lipinski definition) is 1. The van der Waals surface area contributed by atoms with Gasteiger partial charge >= 0.3 is 0 Å². The van der Waals surface area contributed by atoms with Crippen molar-refractivity contribution < 1.29 is 4.79 Å². The quantitative estimate of drug-likeness (QED) is 0.448. The number of nitrogens with one attached hydrogen (secondary N) is 1. The van der Waals surface area contributed by atoms with Crippen molar-refractivity contribution in [1.82, 2.24) is 24.9 Å². The predicted molar refractivity (Wildman–Crippen MR) is 118 cm³/mol. The van der Waals surface area contributed by atoms with Gasteiger partial charge < -0.3 is 5.32 Å². The molecule has 6 nitrogen and oxygen atoms in total. The highest BCUT2D eigenvalue weighted by molar-refractivity contribution is 6.31. The maximum absolute atomic E-state index is 12.9. The Labute approximate surface area is 180 Å². The predicted octanol–water partition coefficient (Wildman–Crippen LogP) is 4.52. The molecular weight excluding hydrogens is 398 g/mol. The normalized spacial score (nSPS) is 10.9. The van der Waals surface area contributed by atoms with Crippen molar-refractivity contribution in [3.8, 4) is 16.9 Å². The fraction of sp³-hybridized carbons (Fsp3) is 0.174. The van der Waals surface area contributed by atoms with Crippen molar-refractivity contribution in [2.45, 2.75) is 19.9 Å². The Balaban J connectivity index is 1.50. The lowest BCUT2D eigenvalue weighted by Crippen LogP contribution is -2.25. The molecule has 1 N–H and O–H groups in total. The van der Waals surface area contributed by atoms with Crippen LogP contribution in [0.1, 0.15) is 22.5 Å². The van der Waals surface area contributed by atoms with E-state index >= 15 is 0 Å². The van der Waals surface area contributed by atoms with Gasteiger partial charge in [0, 0.05) is 31.0 Å². The summed E-state index contributed by atoms with van der Waals surface area (Å²) >= 11 is 6.04. The van der Waals surface area contributed by atoms with Crippen LogP contribution in [0.3, 0.4) is 0 Å². The maximum Gasteiger partial charge on any atom is 0.255 e. The molecule has 0 atom stereocenters. The number of benzene rings is 2. The molecule has 0 bridgehead atoms. The molecule has 0 saturated heterocycles. The monoisotopic (exact) mass is 419 g/mol. The molecule has 4 aromatic rings. The van der Waals surface area contributed by atoms with Crippen LogP contribution in [-0.4, -0.2) is 32.0 Å². The van der Waals surface area contributed by atoms with Crippen LogP contribution in [0, 0.1) is 6.92 Å². The Morgan fingerprint density at radius 1 is 1.00 bits per heavy atom. The van der Waals surface area contributed by atoms with Crippen LogP contribution in [0.15, 0.2) is 73.1 Å². The molecule has 0 saturated carbocycles. The van der Waals surface area contributed by atoms with Crippen LogP contribution in [0.2, 0.25) is 5.02 Å². The molecule has 0 aliphatic rings. The first-order chi connectivity index (χ1) is 14.6. The Morgan fingerprint density at radius 3 is 2.37 bits per heavy atom. The third-order valence-electron chi connectivity index (χ3n) is 4.76. The van der Waals surface area contributed by atoms with E-state index in [1.165, 1.54) is 0 Å². The van der Waals surface area contributed by atoms with Gasteiger partial charge in [-0.05, 0) is 25.5 Å². The highest BCUT2D eigenvalue weighted by Crippen LogP contribution is 2.23. The van der Waals surface area contributed by atoms with E-state index in [-0.39, 0.29) is 5.91 Å². The number of aromatic nitrogens is 4. The first-order valence-electron chi connectivity index (χ1n) is 9.80. The molecule has 0 radical (unpaired) electrons. The van der Waals surface area contributed by atoms with Crippen molar-refractivity contribution in [3.63, 3.8) is 0 Å². The molecule has 0 unspecified atom stereocenters. The molecule has 0 spiro atoms. The molecule has 2 aromatic carbocycles. The van der Waals surface area contributed by atoms with Gasteiger partial charge in [0.15, 0.2) is 0 Å².